The summed E-state index contributed by atoms with van der Waals surface area (Å²) in [4.78, 5) is 75.2. The minimum absolute atomic E-state index is 0.00101. The molecule has 15 nitrogen and oxygen atoms in total. The number of aliphatic imine (C=N–C) groups is 2. The molecule has 46 heavy (non-hydrogen) atoms. The summed E-state index contributed by atoms with van der Waals surface area (Å²) in [7, 11) is 3.31. The fourth-order valence-electron chi connectivity index (χ4n) is 3.90. The lowest BCUT2D eigenvalue weighted by atomic mass is 10.2. The van der Waals surface area contributed by atoms with Crippen LogP contribution in [0.2, 0.25) is 0 Å². The predicted octanol–water partition coefficient (Wildman–Crippen LogP) is 2.90. The van der Waals surface area contributed by atoms with Gasteiger partial charge < -0.3 is 24.8 Å². The number of aromatic nitrogens is 2. The van der Waals surface area contributed by atoms with Crippen LogP contribution in [0.1, 0.15) is 41.6 Å². The number of hydrogen-bond acceptors (Lipinski definition) is 11. The highest BCUT2D eigenvalue weighted by Crippen LogP contribution is 2.13. The first-order chi connectivity index (χ1) is 22.2. The molecule has 0 spiro atoms. The molecule has 3 rings (SSSR count). The van der Waals surface area contributed by atoms with Gasteiger partial charge >= 0.3 is 24.1 Å². The second-order valence-electron chi connectivity index (χ2n) is 9.56. The van der Waals surface area contributed by atoms with Crippen molar-refractivity contribution >= 4 is 42.4 Å². The van der Waals surface area contributed by atoms with Gasteiger partial charge in [0.05, 0.1) is 19.0 Å². The lowest BCUT2D eigenvalue weighted by Crippen LogP contribution is -2.41. The predicted molar refractivity (Wildman–Crippen MR) is 170 cm³/mol. The topological polar surface area (TPSA) is 203 Å². The number of benzene rings is 2. The Hall–Kier alpha value is -5.86. The summed E-state index contributed by atoms with van der Waals surface area (Å²) in [6.07, 6.45) is 2.90. The summed E-state index contributed by atoms with van der Waals surface area (Å²) in [5.41, 5.74) is 1.80. The van der Waals surface area contributed by atoms with Crippen LogP contribution in [-0.2, 0) is 20.7 Å². The molecule has 0 radical (unpaired) electrons. The van der Waals surface area contributed by atoms with E-state index in [0.717, 1.165) is 11.1 Å². The van der Waals surface area contributed by atoms with Crippen LogP contribution in [0, 0.1) is 6.92 Å². The van der Waals surface area contributed by atoms with E-state index in [2.05, 4.69) is 35.9 Å². The Kier molecular flexibility index (Phi) is 13.6. The van der Waals surface area contributed by atoms with E-state index in [0.29, 0.717) is 17.2 Å². The number of amides is 3. The van der Waals surface area contributed by atoms with E-state index in [9.17, 15) is 24.0 Å². The first-order valence-electron chi connectivity index (χ1n) is 14.2. The maximum atomic E-state index is 12.6. The van der Waals surface area contributed by atoms with Crippen molar-refractivity contribution in [1.29, 1.82) is 0 Å². The summed E-state index contributed by atoms with van der Waals surface area (Å²) in [5.74, 6) is -0.407. The molecular formula is C31H35N7O8. The molecule has 0 bridgehead atoms. The van der Waals surface area contributed by atoms with Gasteiger partial charge in [0.1, 0.15) is 11.5 Å². The molecule has 1 aromatic heterocycles. The molecule has 242 valence electrons. The molecule has 0 atom stereocenters. The average molecular weight is 634 g/mol. The van der Waals surface area contributed by atoms with Crippen molar-refractivity contribution in [3.8, 4) is 11.5 Å². The Morgan fingerprint density at radius 1 is 0.848 bits per heavy atom. The number of anilines is 1. The monoisotopic (exact) mass is 633 g/mol. The number of aryl methyl sites for hydroxylation is 1. The molecule has 3 amide bonds. The fraction of sp³-hybridized carbons (Fsp3) is 0.290. The molecule has 0 aliphatic rings. The zero-order valence-electron chi connectivity index (χ0n) is 25.6. The van der Waals surface area contributed by atoms with Crippen LogP contribution in [0.5, 0.6) is 11.5 Å². The lowest BCUT2D eigenvalue weighted by molar-refractivity contribution is -0.143. The van der Waals surface area contributed by atoms with Crippen LogP contribution in [0.4, 0.5) is 15.5 Å². The highest BCUT2D eigenvalue weighted by atomic mass is 16.6. The second-order valence-corrected chi connectivity index (χ2v) is 9.56. The first kappa shape index (κ1) is 34.6. The summed E-state index contributed by atoms with van der Waals surface area (Å²) in [5, 5.41) is 7.12. The normalized spacial score (nSPS) is 10.8. The van der Waals surface area contributed by atoms with Crippen molar-refractivity contribution in [2.45, 2.75) is 32.6 Å². The third-order valence-corrected chi connectivity index (χ3v) is 6.07. The highest BCUT2D eigenvalue weighted by Gasteiger charge is 2.13. The van der Waals surface area contributed by atoms with Crippen molar-refractivity contribution in [2.24, 2.45) is 9.98 Å². The zero-order valence-corrected chi connectivity index (χ0v) is 25.6. The summed E-state index contributed by atoms with van der Waals surface area (Å²) in [6, 6.07) is 12.8. The van der Waals surface area contributed by atoms with Gasteiger partial charge in [-0.15, -0.1) is 0 Å². The average Bonchev–Trinajstić information content (AvgIpc) is 3.01. The minimum atomic E-state index is -0.785. The Balaban J connectivity index is 1.33. The number of urea groups is 1. The standard InChI is InChI=1S/C31H35N7O8/c1-20-25(15-16-44-26(39)5-4-6-27(40)45-23-11-7-21(8-12-23)17-32-2)28(41)37-29(36-20)38-30(42)34-19-35-31(43)46-24-13-9-22(10-14-24)18-33-3/h7-14,17-18H,4-6,15-16,19H2,1-3H3,(H,35,43)(H3,34,36,37,38,41,42). The Morgan fingerprint density at radius 3 is 2.02 bits per heavy atom. The molecule has 3 aromatic rings. The van der Waals surface area contributed by atoms with Gasteiger partial charge in [0, 0.05) is 51.4 Å². The molecule has 15 heteroatoms. The van der Waals surface area contributed by atoms with E-state index in [4.69, 9.17) is 14.2 Å². The number of ether oxygens (including phenoxy) is 3. The van der Waals surface area contributed by atoms with Crippen molar-refractivity contribution in [3.63, 3.8) is 0 Å². The van der Waals surface area contributed by atoms with Crippen LogP contribution in [0.15, 0.2) is 63.3 Å². The van der Waals surface area contributed by atoms with Gasteiger partial charge in [-0.1, -0.05) is 0 Å². The third-order valence-electron chi connectivity index (χ3n) is 6.07. The number of aromatic amines is 1. The highest BCUT2D eigenvalue weighted by molar-refractivity contribution is 5.87. The Labute approximate surface area is 264 Å². The van der Waals surface area contributed by atoms with Crippen LogP contribution in [0.25, 0.3) is 0 Å². The van der Waals surface area contributed by atoms with Gasteiger partial charge in [-0.2, -0.15) is 0 Å². The molecule has 0 fully saturated rings. The number of H-pyrrole nitrogens is 1. The Bertz CT molecular complexity index is 1620. The summed E-state index contributed by atoms with van der Waals surface area (Å²) in [6.45, 7) is 1.24. The molecule has 4 N–H and O–H groups in total. The van der Waals surface area contributed by atoms with Gasteiger partial charge in [-0.25, -0.2) is 14.6 Å². The van der Waals surface area contributed by atoms with Gasteiger partial charge in [0.2, 0.25) is 5.95 Å². The van der Waals surface area contributed by atoms with E-state index in [-0.39, 0.29) is 50.5 Å². The van der Waals surface area contributed by atoms with Gasteiger partial charge in [0.25, 0.3) is 5.56 Å². The molecular weight excluding hydrogens is 598 g/mol. The van der Waals surface area contributed by atoms with E-state index < -0.39 is 29.6 Å². The number of carbonyl (C=O) groups excluding carboxylic acids is 4. The number of nitrogens with zero attached hydrogens (tertiary/aromatic N) is 3. The number of nitrogens with one attached hydrogen (secondary N) is 4. The zero-order chi connectivity index (χ0) is 33.3. The number of carbonyl (C=O) groups is 4. The molecule has 0 aliphatic heterocycles. The largest absolute Gasteiger partial charge is 0.465 e. The van der Waals surface area contributed by atoms with Crippen LogP contribution in [-0.4, -0.2) is 73.8 Å². The molecule has 1 heterocycles. The van der Waals surface area contributed by atoms with Crippen molar-refractivity contribution in [2.75, 3.05) is 32.7 Å². The Morgan fingerprint density at radius 2 is 1.43 bits per heavy atom. The molecule has 0 unspecified atom stereocenters. The summed E-state index contributed by atoms with van der Waals surface area (Å²) >= 11 is 0. The second kappa shape index (κ2) is 18.1. The van der Waals surface area contributed by atoms with Crippen LogP contribution >= 0.6 is 0 Å². The van der Waals surface area contributed by atoms with Gasteiger partial charge in [-0.3, -0.25) is 34.7 Å². The number of esters is 2. The maximum absolute atomic E-state index is 12.6. The third kappa shape index (κ3) is 12.0. The molecule has 0 saturated heterocycles. The minimum Gasteiger partial charge on any atom is -0.465 e. The summed E-state index contributed by atoms with van der Waals surface area (Å²) < 4.78 is 15.6. The van der Waals surface area contributed by atoms with E-state index in [1.54, 1.807) is 82.0 Å². The fourth-order valence-corrected chi connectivity index (χ4v) is 3.90. The quantitative estimate of drug-likeness (QED) is 0.0891. The van der Waals surface area contributed by atoms with Gasteiger partial charge in [0.15, 0.2) is 0 Å². The molecule has 2 aromatic carbocycles. The SMILES string of the molecule is CN=Cc1ccc(OC(=O)CCCC(=O)OCCc2c(C)nc(NC(=O)NCNC(=O)Oc3ccc(C=NC)cc3)[nH]c2=O)cc1. The van der Waals surface area contributed by atoms with Crippen molar-refractivity contribution < 1.29 is 33.4 Å². The lowest BCUT2D eigenvalue weighted by Gasteiger charge is -2.11. The van der Waals surface area contributed by atoms with Gasteiger partial charge in [-0.05, 0) is 73.0 Å². The van der Waals surface area contributed by atoms with Crippen molar-refractivity contribution in [3.05, 3.63) is 81.3 Å². The number of hydrogen-bond donors (Lipinski definition) is 4. The molecule has 0 aliphatic carbocycles. The van der Waals surface area contributed by atoms with Crippen molar-refractivity contribution in [1.82, 2.24) is 20.6 Å². The maximum Gasteiger partial charge on any atom is 0.413 e. The van der Waals surface area contributed by atoms with E-state index >= 15 is 0 Å². The van der Waals surface area contributed by atoms with E-state index in [1.165, 1.54) is 0 Å². The smallest absolute Gasteiger partial charge is 0.413 e. The van der Waals surface area contributed by atoms with Crippen LogP contribution < -0.4 is 31.0 Å². The molecule has 0 saturated carbocycles. The first-order valence-corrected chi connectivity index (χ1v) is 14.2. The van der Waals surface area contributed by atoms with Crippen LogP contribution in [0.3, 0.4) is 0 Å². The number of rotatable bonds is 14. The van der Waals surface area contributed by atoms with E-state index in [1.807, 2.05) is 0 Å².